The fraction of sp³-hybridized carbons (Fsp3) is 0.368. The molecule has 0 N–H and O–H groups in total. The van der Waals surface area contributed by atoms with Crippen LogP contribution in [-0.2, 0) is 17.5 Å². The van der Waals surface area contributed by atoms with Gasteiger partial charge in [0.1, 0.15) is 5.82 Å². The van der Waals surface area contributed by atoms with Crippen molar-refractivity contribution in [2.24, 2.45) is 0 Å². The van der Waals surface area contributed by atoms with Crippen molar-refractivity contribution >= 4 is 11.7 Å². The van der Waals surface area contributed by atoms with Crippen molar-refractivity contribution in [1.82, 2.24) is 9.88 Å². The van der Waals surface area contributed by atoms with Crippen LogP contribution in [0.4, 0.5) is 19.0 Å². The summed E-state index contributed by atoms with van der Waals surface area (Å²) in [6, 6.07) is 8.23. The van der Waals surface area contributed by atoms with Gasteiger partial charge in [-0.05, 0) is 29.8 Å². The Morgan fingerprint density at radius 3 is 2.48 bits per heavy atom. The summed E-state index contributed by atoms with van der Waals surface area (Å²) in [5.41, 5.74) is 0.381. The second-order valence-electron chi connectivity index (χ2n) is 6.33. The van der Waals surface area contributed by atoms with Crippen molar-refractivity contribution < 1.29 is 22.7 Å². The van der Waals surface area contributed by atoms with Gasteiger partial charge in [0.25, 0.3) is 5.91 Å². The van der Waals surface area contributed by atoms with Crippen LogP contribution in [0.5, 0.6) is 0 Å². The van der Waals surface area contributed by atoms with Crippen LogP contribution in [0.1, 0.15) is 21.5 Å². The van der Waals surface area contributed by atoms with Crippen molar-refractivity contribution in [3.05, 3.63) is 59.3 Å². The summed E-state index contributed by atoms with van der Waals surface area (Å²) in [4.78, 5) is 20.7. The van der Waals surface area contributed by atoms with Gasteiger partial charge in [0.2, 0.25) is 0 Å². The smallest absolute Gasteiger partial charge is 0.378 e. The van der Waals surface area contributed by atoms with Crippen LogP contribution in [0.25, 0.3) is 0 Å². The summed E-state index contributed by atoms with van der Waals surface area (Å²) in [6.07, 6.45) is -2.74. The number of nitrogens with zero attached hydrogens (tertiary/aromatic N) is 3. The Kier molecular flexibility index (Phi) is 5.65. The van der Waals surface area contributed by atoms with Gasteiger partial charge in [-0.25, -0.2) is 4.98 Å². The zero-order valence-corrected chi connectivity index (χ0v) is 14.9. The third-order valence-electron chi connectivity index (χ3n) is 4.38. The first kappa shape index (κ1) is 19.2. The summed E-state index contributed by atoms with van der Waals surface area (Å²) >= 11 is 0. The number of hydrogen-bond donors (Lipinski definition) is 0. The molecule has 144 valence electrons. The molecule has 1 fully saturated rings. The molecule has 3 rings (SSSR count). The molecule has 0 saturated carbocycles. The molecule has 0 bridgehead atoms. The van der Waals surface area contributed by atoms with E-state index in [1.165, 1.54) is 17.0 Å². The number of hydrogen-bond acceptors (Lipinski definition) is 4. The minimum absolute atomic E-state index is 0.203. The zero-order valence-electron chi connectivity index (χ0n) is 14.9. The lowest BCUT2D eigenvalue weighted by molar-refractivity contribution is -0.137. The number of amides is 1. The van der Waals surface area contributed by atoms with Crippen LogP contribution in [-0.4, -0.2) is 49.1 Å². The Morgan fingerprint density at radius 1 is 1.19 bits per heavy atom. The second kappa shape index (κ2) is 7.96. The molecule has 0 aliphatic carbocycles. The molecule has 1 aliphatic rings. The molecule has 8 heteroatoms. The number of carbonyl (C=O) groups is 1. The molecular weight excluding hydrogens is 359 g/mol. The normalized spacial score (nSPS) is 14.9. The van der Waals surface area contributed by atoms with Crippen molar-refractivity contribution in [2.75, 3.05) is 38.3 Å². The average molecular weight is 379 g/mol. The monoisotopic (exact) mass is 379 g/mol. The van der Waals surface area contributed by atoms with E-state index in [4.69, 9.17) is 4.74 Å². The molecule has 2 heterocycles. The Bertz CT molecular complexity index is 788. The van der Waals surface area contributed by atoms with E-state index in [-0.39, 0.29) is 12.5 Å². The van der Waals surface area contributed by atoms with Crippen molar-refractivity contribution in [3.63, 3.8) is 0 Å². The van der Waals surface area contributed by atoms with E-state index in [9.17, 15) is 18.0 Å². The lowest BCUT2D eigenvalue weighted by atomic mass is 10.1. The van der Waals surface area contributed by atoms with E-state index in [1.807, 2.05) is 4.90 Å². The summed E-state index contributed by atoms with van der Waals surface area (Å²) in [5, 5.41) is 0. The van der Waals surface area contributed by atoms with Crippen LogP contribution in [0.3, 0.4) is 0 Å². The van der Waals surface area contributed by atoms with Gasteiger partial charge in [-0.2, -0.15) is 13.2 Å². The maximum Gasteiger partial charge on any atom is 0.416 e. The zero-order chi connectivity index (χ0) is 19.4. The molecular formula is C19H20F3N3O2. The number of carbonyl (C=O) groups excluding carboxylic acids is 1. The van der Waals surface area contributed by atoms with E-state index >= 15 is 0 Å². The number of rotatable bonds is 4. The molecule has 1 saturated heterocycles. The van der Waals surface area contributed by atoms with E-state index in [0.717, 1.165) is 12.1 Å². The van der Waals surface area contributed by atoms with Gasteiger partial charge >= 0.3 is 6.18 Å². The number of morpholine rings is 1. The summed E-state index contributed by atoms with van der Waals surface area (Å²) in [7, 11) is 1.62. The molecule has 5 nitrogen and oxygen atoms in total. The van der Waals surface area contributed by atoms with E-state index in [2.05, 4.69) is 4.98 Å². The van der Waals surface area contributed by atoms with E-state index < -0.39 is 11.7 Å². The van der Waals surface area contributed by atoms with Crippen LogP contribution in [0, 0.1) is 0 Å². The maximum atomic E-state index is 12.9. The molecule has 2 aromatic rings. The highest BCUT2D eigenvalue weighted by molar-refractivity contribution is 5.98. The molecule has 1 amide bonds. The second-order valence-corrected chi connectivity index (χ2v) is 6.33. The molecule has 0 unspecified atom stereocenters. The third kappa shape index (κ3) is 4.57. The molecule has 0 spiro atoms. The predicted molar refractivity (Wildman–Crippen MR) is 94.5 cm³/mol. The highest BCUT2D eigenvalue weighted by Crippen LogP contribution is 2.29. The van der Waals surface area contributed by atoms with Crippen LogP contribution in [0.15, 0.2) is 42.6 Å². The quantitative estimate of drug-likeness (QED) is 0.819. The Balaban J connectivity index is 1.74. The fourth-order valence-corrected chi connectivity index (χ4v) is 2.94. The van der Waals surface area contributed by atoms with Crippen LogP contribution in [0.2, 0.25) is 0 Å². The predicted octanol–water partition coefficient (Wildman–Crippen LogP) is 3.21. The first-order valence-electron chi connectivity index (χ1n) is 8.55. The largest absolute Gasteiger partial charge is 0.416 e. The molecule has 1 aromatic heterocycles. The van der Waals surface area contributed by atoms with Gasteiger partial charge in [-0.1, -0.05) is 12.1 Å². The SMILES string of the molecule is CN(Cc1ccc(C(F)(F)F)cc1)C(=O)c1cccnc1N1CCOCC1. The first-order chi connectivity index (χ1) is 12.9. The number of aromatic nitrogens is 1. The third-order valence-corrected chi connectivity index (χ3v) is 4.38. The Labute approximate surface area is 155 Å². The van der Waals surface area contributed by atoms with Crippen LogP contribution < -0.4 is 4.90 Å². The minimum Gasteiger partial charge on any atom is -0.378 e. The van der Waals surface area contributed by atoms with E-state index in [1.54, 1.807) is 25.4 Å². The first-order valence-corrected chi connectivity index (χ1v) is 8.55. The van der Waals surface area contributed by atoms with Crippen molar-refractivity contribution in [3.8, 4) is 0 Å². The number of halogens is 3. The summed E-state index contributed by atoms with van der Waals surface area (Å²) in [6.45, 7) is 2.66. The minimum atomic E-state index is -4.37. The van der Waals surface area contributed by atoms with E-state index in [0.29, 0.717) is 43.2 Å². The van der Waals surface area contributed by atoms with Gasteiger partial charge in [-0.15, -0.1) is 0 Å². The number of anilines is 1. The molecule has 0 radical (unpaired) electrons. The van der Waals surface area contributed by atoms with Gasteiger partial charge in [0.15, 0.2) is 0 Å². The number of alkyl halides is 3. The number of pyridine rings is 1. The van der Waals surface area contributed by atoms with Gasteiger partial charge in [-0.3, -0.25) is 4.79 Å². The Hall–Kier alpha value is -2.61. The van der Waals surface area contributed by atoms with Gasteiger partial charge < -0.3 is 14.5 Å². The number of ether oxygens (including phenoxy) is 1. The summed E-state index contributed by atoms with van der Waals surface area (Å²) in [5.74, 6) is 0.370. The fourth-order valence-electron chi connectivity index (χ4n) is 2.94. The number of benzene rings is 1. The highest BCUT2D eigenvalue weighted by Gasteiger charge is 2.30. The topological polar surface area (TPSA) is 45.7 Å². The summed E-state index contributed by atoms with van der Waals surface area (Å²) < 4.78 is 43.3. The lowest BCUT2D eigenvalue weighted by Gasteiger charge is -2.30. The molecule has 1 aromatic carbocycles. The molecule has 27 heavy (non-hydrogen) atoms. The lowest BCUT2D eigenvalue weighted by Crippen LogP contribution is -2.38. The standard InChI is InChI=1S/C19H20F3N3O2/c1-24(13-14-4-6-15(7-5-14)19(20,21)22)18(26)16-3-2-8-23-17(16)25-9-11-27-12-10-25/h2-8H,9-13H2,1H3. The highest BCUT2D eigenvalue weighted by atomic mass is 19.4. The van der Waals surface area contributed by atoms with Crippen LogP contribution >= 0.6 is 0 Å². The van der Waals surface area contributed by atoms with Crippen molar-refractivity contribution in [2.45, 2.75) is 12.7 Å². The molecule has 0 atom stereocenters. The Morgan fingerprint density at radius 2 is 1.85 bits per heavy atom. The maximum absolute atomic E-state index is 12.9. The molecule has 1 aliphatic heterocycles. The van der Waals surface area contributed by atoms with Crippen molar-refractivity contribution in [1.29, 1.82) is 0 Å². The van der Waals surface area contributed by atoms with Gasteiger partial charge in [0, 0.05) is 32.9 Å². The average Bonchev–Trinajstić information content (AvgIpc) is 2.68. The van der Waals surface area contributed by atoms with Gasteiger partial charge in [0.05, 0.1) is 24.3 Å².